The van der Waals surface area contributed by atoms with Crippen LogP contribution >= 0.6 is 11.6 Å². The van der Waals surface area contributed by atoms with Crippen molar-refractivity contribution >= 4 is 17.5 Å². The van der Waals surface area contributed by atoms with E-state index in [1.807, 2.05) is 4.90 Å². The number of nitrogens with zero attached hydrogens (tertiary/aromatic N) is 1. The molecule has 2 nitrogen and oxygen atoms in total. The Labute approximate surface area is 91.6 Å². The van der Waals surface area contributed by atoms with Gasteiger partial charge in [0.25, 0.3) is 0 Å². The first-order valence-electron chi connectivity index (χ1n) is 5.42. The van der Waals surface area contributed by atoms with Gasteiger partial charge in [-0.1, -0.05) is 20.8 Å². The number of amides is 1. The van der Waals surface area contributed by atoms with Crippen LogP contribution in [0.1, 0.15) is 33.6 Å². The highest BCUT2D eigenvalue weighted by atomic mass is 35.5. The molecule has 2 unspecified atom stereocenters. The van der Waals surface area contributed by atoms with Gasteiger partial charge in [-0.2, -0.15) is 0 Å². The molecule has 0 radical (unpaired) electrons. The van der Waals surface area contributed by atoms with E-state index in [9.17, 15) is 4.79 Å². The molecule has 0 saturated carbocycles. The Bertz CT molecular complexity index is 205. The smallest absolute Gasteiger partial charge is 0.222 e. The molecule has 1 heterocycles. The number of piperidine rings is 1. The van der Waals surface area contributed by atoms with Crippen LogP contribution in [0.2, 0.25) is 0 Å². The molecule has 0 bridgehead atoms. The van der Waals surface area contributed by atoms with E-state index in [0.29, 0.717) is 18.3 Å². The lowest BCUT2D eigenvalue weighted by molar-refractivity contribution is -0.133. The zero-order valence-electron chi connectivity index (χ0n) is 9.29. The fourth-order valence-electron chi connectivity index (χ4n) is 1.73. The molecule has 0 spiro atoms. The highest BCUT2D eigenvalue weighted by Crippen LogP contribution is 2.22. The van der Waals surface area contributed by atoms with Crippen LogP contribution in [0.15, 0.2) is 0 Å². The maximum absolute atomic E-state index is 11.7. The van der Waals surface area contributed by atoms with Crippen LogP contribution in [0.5, 0.6) is 0 Å². The van der Waals surface area contributed by atoms with Crippen molar-refractivity contribution in [2.45, 2.75) is 39.0 Å². The number of carbonyl (C=O) groups excluding carboxylic acids is 1. The molecular formula is C11H20ClNO. The molecule has 0 aromatic rings. The van der Waals surface area contributed by atoms with Gasteiger partial charge in [0, 0.05) is 19.5 Å². The second kappa shape index (κ2) is 5.01. The third kappa shape index (κ3) is 3.16. The molecular weight excluding hydrogens is 198 g/mol. The number of rotatable bonds is 2. The summed E-state index contributed by atoms with van der Waals surface area (Å²) in [6.45, 7) is 7.91. The van der Waals surface area contributed by atoms with Gasteiger partial charge in [0.05, 0.1) is 5.38 Å². The van der Waals surface area contributed by atoms with E-state index in [2.05, 4.69) is 20.8 Å². The highest BCUT2D eigenvalue weighted by Gasteiger charge is 2.27. The first-order chi connectivity index (χ1) is 6.50. The molecule has 14 heavy (non-hydrogen) atoms. The van der Waals surface area contributed by atoms with Gasteiger partial charge in [-0.3, -0.25) is 4.79 Å². The Morgan fingerprint density at radius 3 is 2.71 bits per heavy atom. The maximum Gasteiger partial charge on any atom is 0.222 e. The zero-order valence-corrected chi connectivity index (χ0v) is 10.0. The normalized spacial score (nSPS) is 28.2. The van der Waals surface area contributed by atoms with Gasteiger partial charge in [-0.15, -0.1) is 11.6 Å². The molecule has 1 amide bonds. The molecule has 0 aliphatic carbocycles. The molecule has 0 aromatic carbocycles. The van der Waals surface area contributed by atoms with Crippen molar-refractivity contribution in [1.29, 1.82) is 0 Å². The van der Waals surface area contributed by atoms with E-state index < -0.39 is 0 Å². The summed E-state index contributed by atoms with van der Waals surface area (Å²) in [5.41, 5.74) is 0. The van der Waals surface area contributed by atoms with Gasteiger partial charge >= 0.3 is 0 Å². The third-order valence-electron chi connectivity index (χ3n) is 2.80. The number of hydrogen-bond acceptors (Lipinski definition) is 1. The Balaban J connectivity index is 2.42. The van der Waals surface area contributed by atoms with Gasteiger partial charge in [-0.05, 0) is 18.3 Å². The summed E-state index contributed by atoms with van der Waals surface area (Å²) in [5, 5.41) is 0.139. The largest absolute Gasteiger partial charge is 0.341 e. The SMILES string of the molecule is CC(C)CC(=O)N1CCC(C)C(Cl)C1. The summed E-state index contributed by atoms with van der Waals surface area (Å²) < 4.78 is 0. The first-order valence-corrected chi connectivity index (χ1v) is 5.86. The summed E-state index contributed by atoms with van der Waals surface area (Å²) in [5.74, 6) is 1.24. The van der Waals surface area contributed by atoms with Crippen molar-refractivity contribution in [2.24, 2.45) is 11.8 Å². The van der Waals surface area contributed by atoms with E-state index in [1.54, 1.807) is 0 Å². The second-order valence-corrected chi connectivity index (χ2v) is 5.28. The standard InChI is InChI=1S/C11H20ClNO/c1-8(2)6-11(14)13-5-4-9(3)10(12)7-13/h8-10H,4-7H2,1-3H3. The minimum Gasteiger partial charge on any atom is -0.341 e. The summed E-state index contributed by atoms with van der Waals surface area (Å²) in [6, 6.07) is 0. The van der Waals surface area contributed by atoms with E-state index in [0.717, 1.165) is 19.5 Å². The van der Waals surface area contributed by atoms with Crippen LogP contribution in [-0.2, 0) is 4.79 Å². The zero-order chi connectivity index (χ0) is 10.7. The first kappa shape index (κ1) is 11.8. The summed E-state index contributed by atoms with van der Waals surface area (Å²) in [4.78, 5) is 13.6. The fraction of sp³-hybridized carbons (Fsp3) is 0.909. The number of alkyl halides is 1. The lowest BCUT2D eigenvalue weighted by Crippen LogP contribution is -2.44. The molecule has 82 valence electrons. The van der Waals surface area contributed by atoms with Crippen molar-refractivity contribution in [2.75, 3.05) is 13.1 Å². The molecule has 1 fully saturated rings. The van der Waals surface area contributed by atoms with Crippen molar-refractivity contribution in [1.82, 2.24) is 4.90 Å². The Hall–Kier alpha value is -0.240. The summed E-state index contributed by atoms with van der Waals surface area (Å²) >= 11 is 6.15. The van der Waals surface area contributed by atoms with Crippen LogP contribution in [0.25, 0.3) is 0 Å². The topological polar surface area (TPSA) is 20.3 Å². The molecule has 0 aromatic heterocycles. The summed E-state index contributed by atoms with van der Waals surface area (Å²) in [7, 11) is 0. The lowest BCUT2D eigenvalue weighted by Gasteiger charge is -2.34. The van der Waals surface area contributed by atoms with Crippen LogP contribution in [0.3, 0.4) is 0 Å². The van der Waals surface area contributed by atoms with E-state index in [1.165, 1.54) is 0 Å². The second-order valence-electron chi connectivity index (χ2n) is 4.72. The van der Waals surface area contributed by atoms with E-state index in [-0.39, 0.29) is 11.3 Å². The lowest BCUT2D eigenvalue weighted by atomic mass is 9.98. The molecule has 2 atom stereocenters. The van der Waals surface area contributed by atoms with E-state index >= 15 is 0 Å². The van der Waals surface area contributed by atoms with Gasteiger partial charge in [0.15, 0.2) is 0 Å². The average Bonchev–Trinajstić information content (AvgIpc) is 2.08. The minimum atomic E-state index is 0.139. The maximum atomic E-state index is 11.7. The fourth-order valence-corrected chi connectivity index (χ4v) is 2.02. The molecule has 1 aliphatic heterocycles. The Morgan fingerprint density at radius 2 is 2.21 bits per heavy atom. The number of likely N-dealkylation sites (tertiary alicyclic amines) is 1. The molecule has 1 saturated heterocycles. The molecule has 1 rings (SSSR count). The van der Waals surface area contributed by atoms with Crippen molar-refractivity contribution < 1.29 is 4.79 Å². The summed E-state index contributed by atoms with van der Waals surface area (Å²) in [6.07, 6.45) is 1.69. The highest BCUT2D eigenvalue weighted by molar-refractivity contribution is 6.21. The van der Waals surface area contributed by atoms with Crippen LogP contribution in [0, 0.1) is 11.8 Å². The van der Waals surface area contributed by atoms with Crippen LogP contribution in [0.4, 0.5) is 0 Å². The predicted octanol–water partition coefficient (Wildman–Crippen LogP) is 2.51. The predicted molar refractivity (Wildman–Crippen MR) is 59.5 cm³/mol. The van der Waals surface area contributed by atoms with E-state index in [4.69, 9.17) is 11.6 Å². The van der Waals surface area contributed by atoms with Gasteiger partial charge in [0.2, 0.25) is 5.91 Å². The van der Waals surface area contributed by atoms with Crippen LogP contribution in [-0.4, -0.2) is 29.3 Å². The molecule has 1 aliphatic rings. The Kier molecular flexibility index (Phi) is 4.24. The number of carbonyl (C=O) groups is 1. The third-order valence-corrected chi connectivity index (χ3v) is 3.37. The number of hydrogen-bond donors (Lipinski definition) is 0. The van der Waals surface area contributed by atoms with Crippen molar-refractivity contribution in [3.8, 4) is 0 Å². The average molecular weight is 218 g/mol. The van der Waals surface area contributed by atoms with Crippen molar-refractivity contribution in [3.05, 3.63) is 0 Å². The molecule has 3 heteroatoms. The quantitative estimate of drug-likeness (QED) is 0.651. The monoisotopic (exact) mass is 217 g/mol. The Morgan fingerprint density at radius 1 is 1.57 bits per heavy atom. The van der Waals surface area contributed by atoms with Gasteiger partial charge in [-0.25, -0.2) is 0 Å². The van der Waals surface area contributed by atoms with Crippen molar-refractivity contribution in [3.63, 3.8) is 0 Å². The number of halogens is 1. The van der Waals surface area contributed by atoms with Gasteiger partial charge < -0.3 is 4.90 Å². The molecule has 0 N–H and O–H groups in total. The van der Waals surface area contributed by atoms with Crippen LogP contribution < -0.4 is 0 Å². The van der Waals surface area contributed by atoms with Gasteiger partial charge in [0.1, 0.15) is 0 Å². The minimum absolute atomic E-state index is 0.139.